The van der Waals surface area contributed by atoms with Gasteiger partial charge in [-0.1, -0.05) is 53.8 Å². The Kier molecular flexibility index (Phi) is 7.01. The van der Waals surface area contributed by atoms with Gasteiger partial charge in [0.2, 0.25) is 5.95 Å². The largest absolute Gasteiger partial charge is 0.497 e. The van der Waals surface area contributed by atoms with Gasteiger partial charge >= 0.3 is 5.63 Å². The second kappa shape index (κ2) is 11.2. The van der Waals surface area contributed by atoms with Gasteiger partial charge in [-0.25, -0.2) is 14.8 Å². The zero-order valence-electron chi connectivity index (χ0n) is 24.7. The molecule has 2 aliphatic heterocycles. The zero-order chi connectivity index (χ0) is 31.2. The first-order valence-corrected chi connectivity index (χ1v) is 14.3. The molecule has 3 unspecified atom stereocenters. The number of halogens is 1. The monoisotopic (exact) mass is 604 g/mol. The fraction of sp³-hybridized carbons (Fsp3) is 0.176. The minimum atomic E-state index is -0.843. The highest BCUT2D eigenvalue weighted by Gasteiger charge is 2.45. The van der Waals surface area contributed by atoms with E-state index in [1.165, 1.54) is 6.20 Å². The van der Waals surface area contributed by atoms with Gasteiger partial charge in [-0.05, 0) is 53.9 Å². The van der Waals surface area contributed by atoms with Crippen molar-refractivity contribution >= 4 is 11.0 Å². The number of methoxy groups -OCH3 is 1. The molecule has 0 saturated carbocycles. The van der Waals surface area contributed by atoms with Crippen LogP contribution in [0.1, 0.15) is 34.3 Å². The third-order valence-electron chi connectivity index (χ3n) is 8.22. The Bertz CT molecular complexity index is 2040. The first-order valence-electron chi connectivity index (χ1n) is 14.3. The third-order valence-corrected chi connectivity index (χ3v) is 8.22. The van der Waals surface area contributed by atoms with Gasteiger partial charge < -0.3 is 24.9 Å². The quantitative estimate of drug-likeness (QED) is 0.144. The molecule has 7 rings (SSSR count). The molecule has 2 aliphatic rings. The lowest BCUT2D eigenvalue weighted by molar-refractivity contribution is 0.0856. The minimum absolute atomic E-state index is 0.327. The van der Waals surface area contributed by atoms with Crippen LogP contribution >= 0.6 is 0 Å². The number of nitrogens with one attached hydrogen (secondary N) is 1. The number of ether oxygens (including phenoxy) is 2. The van der Waals surface area contributed by atoms with Gasteiger partial charge in [0.05, 0.1) is 25.1 Å². The molecule has 11 heteroatoms. The number of para-hydroxylation sites is 1. The van der Waals surface area contributed by atoms with E-state index in [1.807, 2.05) is 60.7 Å². The van der Waals surface area contributed by atoms with Crippen LogP contribution in [0.15, 0.2) is 116 Å². The summed E-state index contributed by atoms with van der Waals surface area (Å²) >= 11 is 0. The summed E-state index contributed by atoms with van der Waals surface area (Å²) < 4.78 is 31.6. The van der Waals surface area contributed by atoms with Crippen LogP contribution in [0, 0.1) is 12.9 Å². The van der Waals surface area contributed by atoms with Crippen molar-refractivity contribution in [1.29, 1.82) is 0 Å². The number of aromatic nitrogens is 1. The van der Waals surface area contributed by atoms with E-state index in [0.717, 1.165) is 22.3 Å². The van der Waals surface area contributed by atoms with Gasteiger partial charge in [-0.2, -0.15) is 9.50 Å². The van der Waals surface area contributed by atoms with E-state index in [0.29, 0.717) is 45.1 Å². The van der Waals surface area contributed by atoms with Crippen molar-refractivity contribution in [3.05, 3.63) is 135 Å². The maximum absolute atomic E-state index is 13.9. The number of aryl methyl sites for hydroxylation is 1. The fourth-order valence-electron chi connectivity index (χ4n) is 6.02. The predicted octanol–water partition coefficient (Wildman–Crippen LogP) is 5.93. The summed E-state index contributed by atoms with van der Waals surface area (Å²) in [6.07, 6.45) is 0.111. The van der Waals surface area contributed by atoms with Gasteiger partial charge in [0.15, 0.2) is 11.6 Å². The summed E-state index contributed by atoms with van der Waals surface area (Å²) in [6.45, 7) is 1.67. The zero-order valence-corrected chi connectivity index (χ0v) is 24.7. The first-order chi connectivity index (χ1) is 21.9. The molecule has 2 aromatic heterocycles. The number of nitrogens with two attached hydrogens (primary N) is 1. The van der Waals surface area contributed by atoms with Gasteiger partial charge in [0.25, 0.3) is 0 Å². The maximum atomic E-state index is 13.9. The van der Waals surface area contributed by atoms with Crippen LogP contribution in [0.25, 0.3) is 22.1 Å². The van der Waals surface area contributed by atoms with Crippen LogP contribution in [0.5, 0.6) is 11.5 Å². The average Bonchev–Trinajstić information content (AvgIpc) is 3.06. The average molecular weight is 605 g/mol. The number of benzene rings is 3. The van der Waals surface area contributed by atoms with E-state index < -0.39 is 29.8 Å². The number of hydrogen-bond donors (Lipinski definition) is 2. The summed E-state index contributed by atoms with van der Waals surface area (Å²) in [5.41, 5.74) is 11.5. The number of hydrogen-bond acceptors (Lipinski definition) is 9. The Hall–Kier alpha value is -5.55. The highest BCUT2D eigenvalue weighted by atomic mass is 19.1. The van der Waals surface area contributed by atoms with Crippen LogP contribution in [0.3, 0.4) is 0 Å². The van der Waals surface area contributed by atoms with E-state index >= 15 is 0 Å². The molecule has 0 aliphatic carbocycles. The molecule has 3 atom stereocenters. The summed E-state index contributed by atoms with van der Waals surface area (Å²) in [6, 6.07) is 24.2. The van der Waals surface area contributed by atoms with Crippen LogP contribution in [-0.2, 0) is 0 Å². The normalized spacial score (nSPS) is 19.2. The molecule has 3 aromatic carbocycles. The van der Waals surface area contributed by atoms with Crippen molar-refractivity contribution in [2.75, 3.05) is 14.2 Å². The van der Waals surface area contributed by atoms with Crippen LogP contribution in [0.2, 0.25) is 0 Å². The lowest BCUT2D eigenvalue weighted by atomic mass is 9.80. The SMILES string of the molecule is CN=NN1C(N)C2=C(NC1c1ccc(OC)cc1)Oc1c(c(=O)oc3ccccc13)C2c1ccc(-c2cnc(F)c(C)c2)cc1. The summed E-state index contributed by atoms with van der Waals surface area (Å²) in [5.74, 6) is 0.362. The molecule has 0 radical (unpaired) electrons. The van der Waals surface area contributed by atoms with E-state index in [9.17, 15) is 9.18 Å². The molecule has 0 amide bonds. The molecule has 226 valence electrons. The van der Waals surface area contributed by atoms with E-state index in [4.69, 9.17) is 19.6 Å². The Morgan fingerprint density at radius 3 is 2.47 bits per heavy atom. The number of rotatable bonds is 5. The summed E-state index contributed by atoms with van der Waals surface area (Å²) in [7, 11) is 3.17. The molecule has 0 bridgehead atoms. The van der Waals surface area contributed by atoms with Crippen molar-refractivity contribution in [3.63, 3.8) is 0 Å². The molecule has 0 saturated heterocycles. The van der Waals surface area contributed by atoms with E-state index in [-0.39, 0.29) is 0 Å². The van der Waals surface area contributed by atoms with Gasteiger partial charge in [0, 0.05) is 28.8 Å². The highest BCUT2D eigenvalue weighted by molar-refractivity contribution is 5.86. The maximum Gasteiger partial charge on any atom is 0.344 e. The van der Waals surface area contributed by atoms with E-state index in [1.54, 1.807) is 44.3 Å². The van der Waals surface area contributed by atoms with Crippen LogP contribution in [-0.4, -0.2) is 30.3 Å². The minimum Gasteiger partial charge on any atom is -0.497 e. The van der Waals surface area contributed by atoms with Gasteiger partial charge in [-0.15, -0.1) is 0 Å². The molecule has 0 spiro atoms. The fourth-order valence-corrected chi connectivity index (χ4v) is 6.02. The molecule has 45 heavy (non-hydrogen) atoms. The Balaban J connectivity index is 1.41. The molecule has 0 fully saturated rings. The number of fused-ring (bicyclic) bond motifs is 3. The molecule has 5 aromatic rings. The summed E-state index contributed by atoms with van der Waals surface area (Å²) in [4.78, 5) is 17.6. The Morgan fingerprint density at radius 2 is 1.76 bits per heavy atom. The topological polar surface area (TPSA) is 128 Å². The number of pyridine rings is 1. The smallest absolute Gasteiger partial charge is 0.344 e. The lowest BCUT2D eigenvalue weighted by Crippen LogP contribution is -2.54. The first kappa shape index (κ1) is 28.2. The van der Waals surface area contributed by atoms with Crippen molar-refractivity contribution in [3.8, 4) is 22.6 Å². The van der Waals surface area contributed by atoms with Gasteiger partial charge in [0.1, 0.15) is 23.7 Å². The highest BCUT2D eigenvalue weighted by Crippen LogP contribution is 2.48. The van der Waals surface area contributed by atoms with E-state index in [2.05, 4.69) is 20.6 Å². The van der Waals surface area contributed by atoms with Crippen molar-refractivity contribution < 1.29 is 18.3 Å². The molecule has 10 nitrogen and oxygen atoms in total. The lowest BCUT2D eigenvalue weighted by Gasteiger charge is -2.44. The van der Waals surface area contributed by atoms with Crippen molar-refractivity contribution in [2.45, 2.75) is 25.2 Å². The number of nitrogens with zero attached hydrogens (tertiary/aromatic N) is 4. The second-order valence-electron chi connectivity index (χ2n) is 10.8. The predicted molar refractivity (Wildman–Crippen MR) is 166 cm³/mol. The Labute approximate surface area is 257 Å². The molecule has 4 heterocycles. The molecular formula is C34H29FN6O4. The molecule has 3 N–H and O–H groups in total. The standard InChI is InChI=1S/C34H29FN6O4/c1-18-16-22(17-38-30(18)35)19-8-10-20(11-9-19)26-27-29(24-6-4-5-7-25(24)44-34(27)42)45-33-28(26)31(36)41(40-37-2)32(39-33)21-12-14-23(43-3)15-13-21/h4-17,26,31-32,39H,36H2,1-3H3. The van der Waals surface area contributed by atoms with Crippen molar-refractivity contribution in [1.82, 2.24) is 15.3 Å². The third kappa shape index (κ3) is 4.77. The Morgan fingerprint density at radius 1 is 1.02 bits per heavy atom. The van der Waals surface area contributed by atoms with Crippen molar-refractivity contribution in [2.24, 2.45) is 16.1 Å². The van der Waals surface area contributed by atoms with Crippen LogP contribution in [0.4, 0.5) is 4.39 Å². The van der Waals surface area contributed by atoms with Crippen LogP contribution < -0.4 is 26.1 Å². The summed E-state index contributed by atoms with van der Waals surface area (Å²) in [5, 5.41) is 14.2. The van der Waals surface area contributed by atoms with Gasteiger partial charge in [-0.3, -0.25) is 0 Å². The molecular weight excluding hydrogens is 575 g/mol. The second-order valence-corrected chi connectivity index (χ2v) is 10.8.